The molecule has 0 spiro atoms. The van der Waals surface area contributed by atoms with Crippen LogP contribution in [-0.4, -0.2) is 15.3 Å². The normalized spacial score (nSPS) is 10.8. The first-order valence-electron chi connectivity index (χ1n) is 6.52. The van der Waals surface area contributed by atoms with Gasteiger partial charge in [-0.05, 0) is 25.0 Å². The van der Waals surface area contributed by atoms with E-state index in [1.807, 2.05) is 11.5 Å². The second-order valence-corrected chi connectivity index (χ2v) is 4.69. The lowest BCUT2D eigenvalue weighted by atomic mass is 10.0. The Morgan fingerprint density at radius 1 is 1.35 bits per heavy atom. The van der Waals surface area contributed by atoms with E-state index in [1.54, 1.807) is 12.4 Å². The lowest BCUT2D eigenvalue weighted by Gasteiger charge is -2.08. The largest absolute Gasteiger partial charge is 0.335 e. The fourth-order valence-electron chi connectivity index (χ4n) is 2.10. The van der Waals surface area contributed by atoms with Crippen LogP contribution in [0.25, 0.3) is 0 Å². The highest BCUT2D eigenvalue weighted by Crippen LogP contribution is 2.18. The highest BCUT2D eigenvalue weighted by Gasteiger charge is 2.20. The summed E-state index contributed by atoms with van der Waals surface area (Å²) in [6.45, 7) is 4.23. The van der Waals surface area contributed by atoms with Crippen molar-refractivity contribution in [3.63, 3.8) is 0 Å². The van der Waals surface area contributed by atoms with Crippen molar-refractivity contribution < 1.29 is 13.6 Å². The summed E-state index contributed by atoms with van der Waals surface area (Å²) in [6.07, 6.45) is 4.13. The summed E-state index contributed by atoms with van der Waals surface area (Å²) in [6, 6.07) is 2.43. The highest BCUT2D eigenvalue weighted by molar-refractivity contribution is 5.97. The van der Waals surface area contributed by atoms with Crippen LogP contribution in [0.4, 0.5) is 8.78 Å². The Morgan fingerprint density at radius 2 is 2.10 bits per heavy atom. The van der Waals surface area contributed by atoms with Gasteiger partial charge in [0.1, 0.15) is 17.5 Å². The standard InChI is InChI=1S/C15H16F2N2O/c1-3-7-19-8-6-18-13(19)9-12(20)14-11(16)5-4-10(2)15(14)17/h4-6,8H,3,7,9H2,1-2H3. The molecule has 1 aromatic heterocycles. The predicted molar refractivity (Wildman–Crippen MR) is 71.6 cm³/mol. The Kier molecular flexibility index (Phi) is 4.27. The van der Waals surface area contributed by atoms with Crippen molar-refractivity contribution in [2.75, 3.05) is 0 Å². The zero-order chi connectivity index (χ0) is 14.7. The molecular weight excluding hydrogens is 262 g/mol. The monoisotopic (exact) mass is 278 g/mol. The van der Waals surface area contributed by atoms with Gasteiger partial charge in [0.05, 0.1) is 12.0 Å². The summed E-state index contributed by atoms with van der Waals surface area (Å²) in [4.78, 5) is 16.2. The highest BCUT2D eigenvalue weighted by atomic mass is 19.1. The number of aryl methyl sites for hydroxylation is 2. The van der Waals surface area contributed by atoms with Gasteiger partial charge in [-0.1, -0.05) is 13.0 Å². The van der Waals surface area contributed by atoms with E-state index in [1.165, 1.54) is 13.0 Å². The predicted octanol–water partition coefficient (Wildman–Crippen LogP) is 3.31. The number of hydrogen-bond acceptors (Lipinski definition) is 2. The van der Waals surface area contributed by atoms with Crippen LogP contribution >= 0.6 is 0 Å². The van der Waals surface area contributed by atoms with E-state index in [9.17, 15) is 13.6 Å². The summed E-state index contributed by atoms with van der Waals surface area (Å²) >= 11 is 0. The van der Waals surface area contributed by atoms with Crippen molar-refractivity contribution in [1.29, 1.82) is 0 Å². The topological polar surface area (TPSA) is 34.9 Å². The quantitative estimate of drug-likeness (QED) is 0.786. The van der Waals surface area contributed by atoms with Crippen molar-refractivity contribution in [3.8, 4) is 0 Å². The first kappa shape index (κ1) is 14.4. The Hall–Kier alpha value is -2.04. The van der Waals surface area contributed by atoms with Gasteiger partial charge in [0, 0.05) is 18.9 Å². The van der Waals surface area contributed by atoms with Crippen molar-refractivity contribution in [3.05, 3.63) is 53.1 Å². The number of ketones is 1. The molecule has 0 saturated carbocycles. The number of imidazole rings is 1. The maximum Gasteiger partial charge on any atom is 0.176 e. The van der Waals surface area contributed by atoms with Crippen molar-refractivity contribution in [2.24, 2.45) is 0 Å². The van der Waals surface area contributed by atoms with Crippen LogP contribution < -0.4 is 0 Å². The number of carbonyl (C=O) groups excluding carboxylic acids is 1. The van der Waals surface area contributed by atoms with Crippen LogP contribution in [0, 0.1) is 18.6 Å². The number of halogens is 2. The first-order valence-corrected chi connectivity index (χ1v) is 6.52. The minimum absolute atomic E-state index is 0.107. The van der Waals surface area contributed by atoms with Crippen molar-refractivity contribution in [2.45, 2.75) is 33.2 Å². The van der Waals surface area contributed by atoms with Gasteiger partial charge in [-0.2, -0.15) is 0 Å². The van der Waals surface area contributed by atoms with E-state index in [-0.39, 0.29) is 12.0 Å². The van der Waals surface area contributed by atoms with Gasteiger partial charge in [-0.15, -0.1) is 0 Å². The van der Waals surface area contributed by atoms with E-state index in [4.69, 9.17) is 0 Å². The molecule has 106 valence electrons. The number of carbonyl (C=O) groups is 1. The van der Waals surface area contributed by atoms with Gasteiger partial charge in [-0.3, -0.25) is 4.79 Å². The third-order valence-corrected chi connectivity index (χ3v) is 3.15. The van der Waals surface area contributed by atoms with Gasteiger partial charge in [-0.25, -0.2) is 13.8 Å². The molecule has 2 rings (SSSR count). The molecule has 20 heavy (non-hydrogen) atoms. The molecule has 0 saturated heterocycles. The third kappa shape index (κ3) is 2.76. The molecule has 1 heterocycles. The maximum absolute atomic E-state index is 13.9. The molecule has 0 aliphatic carbocycles. The fourth-order valence-corrected chi connectivity index (χ4v) is 2.10. The molecule has 5 heteroatoms. The average Bonchev–Trinajstić information content (AvgIpc) is 2.82. The molecule has 0 atom stereocenters. The number of hydrogen-bond donors (Lipinski definition) is 0. The average molecular weight is 278 g/mol. The minimum Gasteiger partial charge on any atom is -0.335 e. The molecule has 0 fully saturated rings. The minimum atomic E-state index is -0.827. The summed E-state index contributed by atoms with van der Waals surface area (Å²) in [7, 11) is 0. The molecule has 0 bridgehead atoms. The van der Waals surface area contributed by atoms with E-state index < -0.39 is 23.0 Å². The molecule has 0 aliphatic heterocycles. The van der Waals surface area contributed by atoms with Gasteiger partial charge in [0.15, 0.2) is 5.78 Å². The van der Waals surface area contributed by atoms with Gasteiger partial charge >= 0.3 is 0 Å². The Bertz CT molecular complexity index is 635. The summed E-state index contributed by atoms with van der Waals surface area (Å²) < 4.78 is 29.4. The number of Topliss-reactive ketones (excluding diaryl/α,β-unsaturated/α-hetero) is 1. The Labute approximate surface area is 116 Å². The van der Waals surface area contributed by atoms with Crippen LogP contribution in [0.5, 0.6) is 0 Å². The van der Waals surface area contributed by atoms with Gasteiger partial charge in [0.2, 0.25) is 0 Å². The molecule has 1 aromatic carbocycles. The van der Waals surface area contributed by atoms with Crippen LogP contribution in [0.3, 0.4) is 0 Å². The lowest BCUT2D eigenvalue weighted by Crippen LogP contribution is -2.14. The van der Waals surface area contributed by atoms with Crippen molar-refractivity contribution in [1.82, 2.24) is 9.55 Å². The van der Waals surface area contributed by atoms with Gasteiger partial charge in [0.25, 0.3) is 0 Å². The SMILES string of the molecule is CCCn1ccnc1CC(=O)c1c(F)ccc(C)c1F. The second-order valence-electron chi connectivity index (χ2n) is 4.69. The molecule has 0 aliphatic rings. The molecule has 3 nitrogen and oxygen atoms in total. The lowest BCUT2D eigenvalue weighted by molar-refractivity contribution is 0.0981. The number of aromatic nitrogens is 2. The maximum atomic E-state index is 13.9. The molecule has 2 aromatic rings. The number of rotatable bonds is 5. The first-order chi connectivity index (χ1) is 9.54. The zero-order valence-electron chi connectivity index (χ0n) is 11.5. The Balaban J connectivity index is 2.29. The number of nitrogens with zero attached hydrogens (tertiary/aromatic N) is 2. The van der Waals surface area contributed by atoms with Crippen LogP contribution in [0.15, 0.2) is 24.5 Å². The number of benzene rings is 1. The smallest absolute Gasteiger partial charge is 0.176 e. The molecule has 0 radical (unpaired) electrons. The fraction of sp³-hybridized carbons (Fsp3) is 0.333. The summed E-state index contributed by atoms with van der Waals surface area (Å²) in [5.41, 5.74) is -0.220. The third-order valence-electron chi connectivity index (χ3n) is 3.15. The molecule has 0 amide bonds. The second kappa shape index (κ2) is 5.94. The summed E-state index contributed by atoms with van der Waals surface area (Å²) in [5, 5.41) is 0. The van der Waals surface area contributed by atoms with E-state index in [0.717, 1.165) is 19.0 Å². The molecule has 0 N–H and O–H groups in total. The Morgan fingerprint density at radius 3 is 2.80 bits per heavy atom. The van der Waals surface area contributed by atoms with E-state index in [2.05, 4.69) is 4.98 Å². The van der Waals surface area contributed by atoms with E-state index in [0.29, 0.717) is 5.82 Å². The van der Waals surface area contributed by atoms with Crippen molar-refractivity contribution >= 4 is 5.78 Å². The molecular formula is C15H16F2N2O. The van der Waals surface area contributed by atoms with Gasteiger partial charge < -0.3 is 4.57 Å². The molecule has 0 unspecified atom stereocenters. The summed E-state index contributed by atoms with van der Waals surface area (Å²) in [5.74, 6) is -1.68. The van der Waals surface area contributed by atoms with Crippen LogP contribution in [-0.2, 0) is 13.0 Å². The zero-order valence-corrected chi connectivity index (χ0v) is 11.5. The van der Waals surface area contributed by atoms with Crippen LogP contribution in [0.1, 0.15) is 35.1 Å². The van der Waals surface area contributed by atoms with E-state index >= 15 is 0 Å². The van der Waals surface area contributed by atoms with Crippen LogP contribution in [0.2, 0.25) is 0 Å².